The lowest BCUT2D eigenvalue weighted by Crippen LogP contribution is -2.26. The molecule has 106 valence electrons. The highest BCUT2D eigenvalue weighted by Gasteiger charge is 2.21. The zero-order valence-electron chi connectivity index (χ0n) is 10.8. The van der Waals surface area contributed by atoms with E-state index < -0.39 is 0 Å². The van der Waals surface area contributed by atoms with Gasteiger partial charge < -0.3 is 15.8 Å². The molecule has 0 radical (unpaired) electrons. The van der Waals surface area contributed by atoms with E-state index in [1.165, 1.54) is 0 Å². The first-order chi connectivity index (χ1) is 8.70. The van der Waals surface area contributed by atoms with Crippen molar-refractivity contribution in [3.05, 3.63) is 18.2 Å². The number of rotatable bonds is 3. The lowest BCUT2D eigenvalue weighted by Gasteiger charge is -2.21. The van der Waals surface area contributed by atoms with E-state index in [1.54, 1.807) is 25.3 Å². The summed E-state index contributed by atoms with van der Waals surface area (Å²) in [5.41, 5.74) is 7.05. The number of anilines is 2. The highest BCUT2D eigenvalue weighted by molar-refractivity contribution is 7.99. The number of methoxy groups -OCH3 is 1. The molecule has 2 rings (SSSR count). The zero-order chi connectivity index (χ0) is 13.0. The maximum Gasteiger partial charge on any atom is 0.227 e. The van der Waals surface area contributed by atoms with Crippen molar-refractivity contribution in [2.24, 2.45) is 5.92 Å². The van der Waals surface area contributed by atoms with E-state index in [9.17, 15) is 4.79 Å². The molecular weight excluding hydrogens is 284 g/mol. The molecule has 1 aromatic carbocycles. The van der Waals surface area contributed by atoms with Gasteiger partial charge in [0.05, 0.1) is 18.5 Å². The summed E-state index contributed by atoms with van der Waals surface area (Å²) in [6, 6.07) is 5.28. The third-order valence-corrected chi connectivity index (χ3v) is 4.16. The summed E-state index contributed by atoms with van der Waals surface area (Å²) in [7, 11) is 1.59. The Balaban J connectivity index is 0.00000180. The van der Waals surface area contributed by atoms with Gasteiger partial charge in [0.25, 0.3) is 0 Å². The van der Waals surface area contributed by atoms with E-state index in [1.807, 2.05) is 11.8 Å². The Morgan fingerprint density at radius 1 is 1.42 bits per heavy atom. The molecule has 4 nitrogen and oxygen atoms in total. The molecule has 0 spiro atoms. The monoisotopic (exact) mass is 302 g/mol. The highest BCUT2D eigenvalue weighted by Crippen LogP contribution is 2.27. The van der Waals surface area contributed by atoms with Gasteiger partial charge in [-0.1, -0.05) is 0 Å². The Bertz CT molecular complexity index is 437. The molecule has 0 aliphatic carbocycles. The molecule has 1 saturated heterocycles. The van der Waals surface area contributed by atoms with Crippen LogP contribution in [0.15, 0.2) is 18.2 Å². The van der Waals surface area contributed by atoms with Crippen LogP contribution in [0.25, 0.3) is 0 Å². The molecule has 1 amide bonds. The van der Waals surface area contributed by atoms with Crippen LogP contribution in [0.3, 0.4) is 0 Å². The standard InChI is InChI=1S/C13H18N2O2S.ClH/c1-17-10-2-3-11(14)12(8-10)15-13(16)9-4-6-18-7-5-9;/h2-3,8-9H,4-7,14H2,1H3,(H,15,16);1H. The summed E-state index contributed by atoms with van der Waals surface area (Å²) in [6.07, 6.45) is 1.89. The number of nitrogens with one attached hydrogen (secondary N) is 1. The number of nitrogen functional groups attached to an aromatic ring is 1. The van der Waals surface area contributed by atoms with Crippen LogP contribution in [-0.2, 0) is 4.79 Å². The van der Waals surface area contributed by atoms with Gasteiger partial charge in [-0.2, -0.15) is 11.8 Å². The van der Waals surface area contributed by atoms with Gasteiger partial charge in [-0.15, -0.1) is 12.4 Å². The number of hydrogen-bond acceptors (Lipinski definition) is 4. The van der Waals surface area contributed by atoms with Gasteiger partial charge in [0.2, 0.25) is 5.91 Å². The van der Waals surface area contributed by atoms with E-state index in [2.05, 4.69) is 5.32 Å². The van der Waals surface area contributed by atoms with Crippen molar-refractivity contribution in [2.75, 3.05) is 29.7 Å². The van der Waals surface area contributed by atoms with Gasteiger partial charge in [0.15, 0.2) is 0 Å². The zero-order valence-corrected chi connectivity index (χ0v) is 12.5. The highest BCUT2D eigenvalue weighted by atomic mass is 35.5. The van der Waals surface area contributed by atoms with Crippen LogP contribution in [0.1, 0.15) is 12.8 Å². The normalized spacial score (nSPS) is 15.4. The molecular formula is C13H19ClN2O2S. The Hall–Kier alpha value is -1.07. The molecule has 0 atom stereocenters. The molecule has 0 unspecified atom stereocenters. The number of hydrogen-bond donors (Lipinski definition) is 2. The summed E-state index contributed by atoms with van der Waals surface area (Å²) in [4.78, 5) is 12.1. The minimum Gasteiger partial charge on any atom is -0.497 e. The summed E-state index contributed by atoms with van der Waals surface area (Å²) in [6.45, 7) is 0. The quantitative estimate of drug-likeness (QED) is 0.843. The van der Waals surface area contributed by atoms with Crippen molar-refractivity contribution < 1.29 is 9.53 Å². The van der Waals surface area contributed by atoms with Gasteiger partial charge in [0, 0.05) is 12.0 Å². The van der Waals surface area contributed by atoms with Crippen molar-refractivity contribution in [1.29, 1.82) is 0 Å². The third kappa shape index (κ3) is 4.21. The van der Waals surface area contributed by atoms with Gasteiger partial charge in [-0.05, 0) is 36.5 Å². The Kier molecular flexibility index (Phi) is 6.31. The predicted molar refractivity (Wildman–Crippen MR) is 83.3 cm³/mol. The maximum atomic E-state index is 12.1. The lowest BCUT2D eigenvalue weighted by atomic mass is 10.0. The smallest absolute Gasteiger partial charge is 0.227 e. The molecule has 0 aromatic heterocycles. The second-order valence-corrected chi connectivity index (χ2v) is 5.55. The summed E-state index contributed by atoms with van der Waals surface area (Å²) < 4.78 is 5.13. The molecule has 3 N–H and O–H groups in total. The average molecular weight is 303 g/mol. The second kappa shape index (κ2) is 7.50. The topological polar surface area (TPSA) is 64.3 Å². The van der Waals surface area contributed by atoms with Crippen LogP contribution in [0, 0.1) is 5.92 Å². The average Bonchev–Trinajstić information content (AvgIpc) is 2.42. The van der Waals surface area contributed by atoms with Gasteiger partial charge >= 0.3 is 0 Å². The number of carbonyl (C=O) groups excluding carboxylic acids is 1. The molecule has 19 heavy (non-hydrogen) atoms. The maximum absolute atomic E-state index is 12.1. The second-order valence-electron chi connectivity index (χ2n) is 4.33. The van der Waals surface area contributed by atoms with Crippen LogP contribution in [0.2, 0.25) is 0 Å². The van der Waals surface area contributed by atoms with Crippen LogP contribution in [-0.4, -0.2) is 24.5 Å². The third-order valence-electron chi connectivity index (χ3n) is 3.11. The predicted octanol–water partition coefficient (Wildman–Crippen LogP) is 2.78. The number of thioether (sulfide) groups is 1. The van der Waals surface area contributed by atoms with Gasteiger partial charge in [-0.3, -0.25) is 4.79 Å². The van der Waals surface area contributed by atoms with Crippen molar-refractivity contribution in [2.45, 2.75) is 12.8 Å². The molecule has 1 aliphatic heterocycles. The minimum atomic E-state index is 0. The first kappa shape index (κ1) is 16.0. The van der Waals surface area contributed by atoms with E-state index in [0.29, 0.717) is 17.1 Å². The number of ether oxygens (including phenoxy) is 1. The van der Waals surface area contributed by atoms with Gasteiger partial charge in [-0.25, -0.2) is 0 Å². The molecule has 1 aliphatic rings. The lowest BCUT2D eigenvalue weighted by molar-refractivity contribution is -0.120. The van der Waals surface area contributed by atoms with Crippen LogP contribution in [0.4, 0.5) is 11.4 Å². The van der Waals surface area contributed by atoms with E-state index in [0.717, 1.165) is 24.3 Å². The Morgan fingerprint density at radius 3 is 2.74 bits per heavy atom. The minimum absolute atomic E-state index is 0. The number of nitrogens with two attached hydrogens (primary N) is 1. The van der Waals surface area contributed by atoms with E-state index >= 15 is 0 Å². The van der Waals surface area contributed by atoms with Crippen LogP contribution in [0.5, 0.6) is 5.75 Å². The number of carbonyl (C=O) groups is 1. The fourth-order valence-corrected chi connectivity index (χ4v) is 3.07. The fourth-order valence-electron chi connectivity index (χ4n) is 1.97. The largest absolute Gasteiger partial charge is 0.497 e. The SMILES string of the molecule is COc1ccc(N)c(NC(=O)C2CCSCC2)c1.Cl. The first-order valence-electron chi connectivity index (χ1n) is 6.03. The van der Waals surface area contributed by atoms with Crippen molar-refractivity contribution in [3.8, 4) is 5.75 Å². The van der Waals surface area contributed by atoms with Crippen molar-refractivity contribution in [1.82, 2.24) is 0 Å². The summed E-state index contributed by atoms with van der Waals surface area (Å²) in [5, 5.41) is 2.90. The molecule has 6 heteroatoms. The van der Waals surface area contributed by atoms with E-state index in [-0.39, 0.29) is 24.2 Å². The Morgan fingerprint density at radius 2 is 2.11 bits per heavy atom. The van der Waals surface area contributed by atoms with E-state index in [4.69, 9.17) is 10.5 Å². The van der Waals surface area contributed by atoms with Crippen LogP contribution < -0.4 is 15.8 Å². The number of halogens is 1. The fraction of sp³-hybridized carbons (Fsp3) is 0.462. The molecule has 0 bridgehead atoms. The summed E-state index contributed by atoms with van der Waals surface area (Å²) in [5.74, 6) is 2.99. The molecule has 0 saturated carbocycles. The molecule has 1 fully saturated rings. The Labute approximate surface area is 123 Å². The number of benzene rings is 1. The molecule has 1 aromatic rings. The number of amides is 1. The summed E-state index contributed by atoms with van der Waals surface area (Å²) >= 11 is 1.91. The van der Waals surface area contributed by atoms with Crippen molar-refractivity contribution in [3.63, 3.8) is 0 Å². The molecule has 1 heterocycles. The van der Waals surface area contributed by atoms with Gasteiger partial charge in [0.1, 0.15) is 5.75 Å². The van der Waals surface area contributed by atoms with Crippen molar-refractivity contribution >= 4 is 41.5 Å². The van der Waals surface area contributed by atoms with Crippen LogP contribution >= 0.6 is 24.2 Å². The first-order valence-corrected chi connectivity index (χ1v) is 7.18.